The van der Waals surface area contributed by atoms with Crippen molar-refractivity contribution < 1.29 is 9.90 Å². The Labute approximate surface area is 112 Å². The van der Waals surface area contributed by atoms with E-state index in [0.717, 1.165) is 42.7 Å². The van der Waals surface area contributed by atoms with Gasteiger partial charge in [0, 0.05) is 5.41 Å². The van der Waals surface area contributed by atoms with Crippen molar-refractivity contribution in [1.82, 2.24) is 10.2 Å². The molecule has 0 radical (unpaired) electrons. The van der Waals surface area contributed by atoms with Gasteiger partial charge in [-0.05, 0) is 62.3 Å². The molecule has 4 nitrogen and oxygen atoms in total. The second-order valence-corrected chi connectivity index (χ2v) is 6.80. The van der Waals surface area contributed by atoms with Gasteiger partial charge in [0.25, 0.3) is 0 Å². The molecule has 4 saturated carbocycles. The zero-order valence-corrected chi connectivity index (χ0v) is 10.9. The average molecular weight is 258 g/mol. The first-order valence-electron chi connectivity index (χ1n) is 7.22. The smallest absolute Gasteiger partial charge is 0.337 e. The molecule has 100 valence electrons. The molecule has 1 heterocycles. The fourth-order valence-corrected chi connectivity index (χ4v) is 5.30. The van der Waals surface area contributed by atoms with E-state index < -0.39 is 5.97 Å². The third-order valence-electron chi connectivity index (χ3n) is 5.49. The molecule has 4 aliphatic carbocycles. The van der Waals surface area contributed by atoms with Crippen LogP contribution in [0.15, 0.2) is 12.3 Å². The van der Waals surface area contributed by atoms with Gasteiger partial charge in [-0.1, -0.05) is 0 Å². The molecule has 0 aliphatic heterocycles. The van der Waals surface area contributed by atoms with Crippen LogP contribution in [0.25, 0.3) is 0 Å². The Bertz CT molecular complexity index is 505. The normalized spacial score (nSPS) is 39.5. The van der Waals surface area contributed by atoms with Gasteiger partial charge in [-0.15, -0.1) is 0 Å². The summed E-state index contributed by atoms with van der Waals surface area (Å²) in [5.74, 6) is 1.50. The zero-order chi connectivity index (χ0) is 13.0. The molecule has 0 unspecified atom stereocenters. The van der Waals surface area contributed by atoms with Crippen molar-refractivity contribution in [3.8, 4) is 0 Å². The van der Waals surface area contributed by atoms with Crippen molar-refractivity contribution in [1.29, 1.82) is 0 Å². The van der Waals surface area contributed by atoms with Crippen molar-refractivity contribution in [2.75, 3.05) is 0 Å². The highest BCUT2D eigenvalue weighted by molar-refractivity contribution is 5.89. The Morgan fingerprint density at radius 3 is 2.26 bits per heavy atom. The SMILES string of the molecule is O=C(O)c1ccnnc1C12CC3CC(CC(C3)C1)C2. The molecule has 5 rings (SSSR count). The number of carboxylic acids is 1. The van der Waals surface area contributed by atoms with Crippen molar-refractivity contribution in [3.05, 3.63) is 23.5 Å². The third kappa shape index (κ3) is 1.62. The van der Waals surface area contributed by atoms with Crippen LogP contribution in [0.2, 0.25) is 0 Å². The van der Waals surface area contributed by atoms with Crippen LogP contribution in [0.3, 0.4) is 0 Å². The van der Waals surface area contributed by atoms with E-state index >= 15 is 0 Å². The number of hydrogen-bond donors (Lipinski definition) is 1. The van der Waals surface area contributed by atoms with Crippen molar-refractivity contribution in [2.24, 2.45) is 17.8 Å². The predicted molar refractivity (Wildman–Crippen MR) is 68.8 cm³/mol. The van der Waals surface area contributed by atoms with Crippen LogP contribution < -0.4 is 0 Å². The van der Waals surface area contributed by atoms with Gasteiger partial charge < -0.3 is 5.11 Å². The Kier molecular flexibility index (Phi) is 2.26. The second-order valence-electron chi connectivity index (χ2n) is 6.80. The number of hydrogen-bond acceptors (Lipinski definition) is 3. The summed E-state index contributed by atoms with van der Waals surface area (Å²) in [6.07, 6.45) is 8.91. The maximum Gasteiger partial charge on any atom is 0.337 e. The molecule has 4 fully saturated rings. The molecule has 0 amide bonds. The summed E-state index contributed by atoms with van der Waals surface area (Å²) in [5.41, 5.74) is 1.15. The number of aromatic carboxylic acids is 1. The standard InChI is InChI=1S/C15H18N2O2/c18-14(19)12-1-2-16-17-13(12)15-6-9-3-10(7-15)5-11(4-9)8-15/h1-2,9-11H,3-8H2,(H,18,19). The quantitative estimate of drug-likeness (QED) is 0.885. The third-order valence-corrected chi connectivity index (χ3v) is 5.49. The molecule has 0 aromatic carbocycles. The molecule has 0 spiro atoms. The average Bonchev–Trinajstić information content (AvgIpc) is 2.37. The number of carboxylic acid groups (broad SMARTS) is 1. The minimum absolute atomic E-state index is 0.0106. The molecule has 0 atom stereocenters. The van der Waals surface area contributed by atoms with Crippen molar-refractivity contribution >= 4 is 5.97 Å². The van der Waals surface area contributed by atoms with E-state index in [1.807, 2.05) is 0 Å². The highest BCUT2D eigenvalue weighted by Crippen LogP contribution is 2.60. The van der Waals surface area contributed by atoms with Crippen LogP contribution >= 0.6 is 0 Å². The van der Waals surface area contributed by atoms with Crippen LogP contribution in [-0.4, -0.2) is 21.3 Å². The molecule has 1 N–H and O–H groups in total. The highest BCUT2D eigenvalue weighted by Gasteiger charge is 2.53. The zero-order valence-electron chi connectivity index (χ0n) is 10.9. The lowest BCUT2D eigenvalue weighted by atomic mass is 9.48. The van der Waals surface area contributed by atoms with Gasteiger partial charge in [0.2, 0.25) is 0 Å². The van der Waals surface area contributed by atoms with Gasteiger partial charge in [0.15, 0.2) is 0 Å². The first kappa shape index (κ1) is 11.4. The summed E-state index contributed by atoms with van der Waals surface area (Å²) >= 11 is 0. The number of carbonyl (C=O) groups is 1. The summed E-state index contributed by atoms with van der Waals surface area (Å²) in [4.78, 5) is 11.4. The van der Waals surface area contributed by atoms with Crippen LogP contribution in [-0.2, 0) is 5.41 Å². The summed E-state index contributed by atoms with van der Waals surface area (Å²) in [6.45, 7) is 0. The van der Waals surface area contributed by atoms with Gasteiger partial charge in [-0.3, -0.25) is 0 Å². The second kappa shape index (κ2) is 3.78. The maximum absolute atomic E-state index is 11.4. The predicted octanol–water partition coefficient (Wildman–Crippen LogP) is 2.64. The lowest BCUT2D eigenvalue weighted by molar-refractivity contribution is -0.00828. The van der Waals surface area contributed by atoms with Gasteiger partial charge in [-0.25, -0.2) is 4.79 Å². The Morgan fingerprint density at radius 1 is 1.16 bits per heavy atom. The number of rotatable bonds is 2. The Hall–Kier alpha value is -1.45. The van der Waals surface area contributed by atoms with Crippen molar-refractivity contribution in [3.63, 3.8) is 0 Å². The van der Waals surface area contributed by atoms with E-state index in [0.29, 0.717) is 5.56 Å². The van der Waals surface area contributed by atoms with Crippen LogP contribution in [0.1, 0.15) is 54.6 Å². The molecular formula is C15H18N2O2. The number of nitrogens with zero attached hydrogens (tertiary/aromatic N) is 2. The molecule has 4 bridgehead atoms. The molecule has 0 saturated heterocycles. The Balaban J connectivity index is 1.82. The van der Waals surface area contributed by atoms with Gasteiger partial charge in [0.1, 0.15) is 0 Å². The molecular weight excluding hydrogens is 240 g/mol. The molecule has 1 aromatic rings. The summed E-state index contributed by atoms with van der Waals surface area (Å²) in [6, 6.07) is 1.61. The van der Waals surface area contributed by atoms with Gasteiger partial charge >= 0.3 is 5.97 Å². The maximum atomic E-state index is 11.4. The monoisotopic (exact) mass is 258 g/mol. The minimum atomic E-state index is -0.861. The Morgan fingerprint density at radius 2 is 1.74 bits per heavy atom. The van der Waals surface area contributed by atoms with E-state index in [1.165, 1.54) is 25.5 Å². The van der Waals surface area contributed by atoms with Crippen LogP contribution in [0, 0.1) is 17.8 Å². The van der Waals surface area contributed by atoms with E-state index in [2.05, 4.69) is 10.2 Å². The molecule has 19 heavy (non-hydrogen) atoms. The van der Waals surface area contributed by atoms with E-state index in [-0.39, 0.29) is 5.41 Å². The summed E-state index contributed by atoms with van der Waals surface area (Å²) < 4.78 is 0. The number of aromatic nitrogens is 2. The minimum Gasteiger partial charge on any atom is -0.478 e. The van der Waals surface area contributed by atoms with Crippen molar-refractivity contribution in [2.45, 2.75) is 43.9 Å². The van der Waals surface area contributed by atoms with Crippen LogP contribution in [0.4, 0.5) is 0 Å². The van der Waals surface area contributed by atoms with E-state index in [9.17, 15) is 9.90 Å². The fourth-order valence-electron chi connectivity index (χ4n) is 5.30. The first-order chi connectivity index (χ1) is 9.16. The summed E-state index contributed by atoms with van der Waals surface area (Å²) in [5, 5.41) is 17.6. The first-order valence-corrected chi connectivity index (χ1v) is 7.22. The molecule has 1 aromatic heterocycles. The van der Waals surface area contributed by atoms with E-state index in [1.54, 1.807) is 6.07 Å². The van der Waals surface area contributed by atoms with Gasteiger partial charge in [0.05, 0.1) is 17.5 Å². The van der Waals surface area contributed by atoms with Crippen LogP contribution in [0.5, 0.6) is 0 Å². The molecule has 4 heteroatoms. The lowest BCUT2D eigenvalue weighted by Gasteiger charge is -2.56. The fraction of sp³-hybridized carbons (Fsp3) is 0.667. The topological polar surface area (TPSA) is 63.1 Å². The highest BCUT2D eigenvalue weighted by atomic mass is 16.4. The van der Waals surface area contributed by atoms with E-state index in [4.69, 9.17) is 0 Å². The molecule has 4 aliphatic rings. The lowest BCUT2D eigenvalue weighted by Crippen LogP contribution is -2.49. The van der Waals surface area contributed by atoms with Gasteiger partial charge in [-0.2, -0.15) is 10.2 Å². The largest absolute Gasteiger partial charge is 0.478 e. The summed E-state index contributed by atoms with van der Waals surface area (Å²) in [7, 11) is 0.